The molecule has 1 fully saturated rings. The van der Waals surface area contributed by atoms with E-state index in [2.05, 4.69) is 0 Å². The molecular weight excluding hydrogens is 220 g/mol. The Labute approximate surface area is 89.7 Å². The van der Waals surface area contributed by atoms with Gasteiger partial charge in [-0.2, -0.15) is 17.0 Å². The summed E-state index contributed by atoms with van der Waals surface area (Å²) >= 11 is 0. The summed E-state index contributed by atoms with van der Waals surface area (Å²) in [6.45, 7) is 1.10. The Morgan fingerprint density at radius 2 is 1.93 bits per heavy atom. The molecular formula is C8H16N2O4S. The number of carboxylic acids is 1. The summed E-state index contributed by atoms with van der Waals surface area (Å²) in [5.41, 5.74) is 0. The van der Waals surface area contributed by atoms with Gasteiger partial charge in [0, 0.05) is 26.7 Å². The van der Waals surface area contributed by atoms with Crippen LogP contribution in [0.4, 0.5) is 0 Å². The third-order valence-corrected chi connectivity index (χ3v) is 4.41. The maximum Gasteiger partial charge on any atom is 0.304 e. The van der Waals surface area contributed by atoms with Crippen LogP contribution in [-0.4, -0.2) is 54.8 Å². The van der Waals surface area contributed by atoms with Gasteiger partial charge in [0.05, 0.1) is 6.42 Å². The van der Waals surface area contributed by atoms with Gasteiger partial charge >= 0.3 is 5.97 Å². The second kappa shape index (κ2) is 4.91. The Bertz CT molecular complexity index is 322. The zero-order valence-corrected chi connectivity index (χ0v) is 9.53. The highest BCUT2D eigenvalue weighted by atomic mass is 32.2. The number of carboxylic acid groups (broad SMARTS) is 1. The van der Waals surface area contributed by atoms with Crippen LogP contribution >= 0.6 is 0 Å². The summed E-state index contributed by atoms with van der Waals surface area (Å²) in [5.74, 6) is -0.988. The van der Waals surface area contributed by atoms with Crippen molar-refractivity contribution in [2.75, 3.05) is 26.7 Å². The van der Waals surface area contributed by atoms with Crippen molar-refractivity contribution in [3.05, 3.63) is 0 Å². The molecule has 0 atom stereocenters. The Kier molecular flexibility index (Phi) is 4.06. The van der Waals surface area contributed by atoms with Crippen molar-refractivity contribution in [2.24, 2.45) is 0 Å². The van der Waals surface area contributed by atoms with Gasteiger partial charge in [-0.25, -0.2) is 0 Å². The molecule has 15 heavy (non-hydrogen) atoms. The second-order valence-electron chi connectivity index (χ2n) is 3.58. The average Bonchev–Trinajstić information content (AvgIpc) is 2.66. The topological polar surface area (TPSA) is 77.9 Å². The molecule has 0 unspecified atom stereocenters. The largest absolute Gasteiger partial charge is 0.481 e. The molecule has 1 aliphatic rings. The van der Waals surface area contributed by atoms with E-state index in [1.165, 1.54) is 11.4 Å². The number of aliphatic carboxylic acids is 1. The first-order chi connectivity index (χ1) is 6.94. The lowest BCUT2D eigenvalue weighted by Gasteiger charge is -2.23. The van der Waals surface area contributed by atoms with E-state index in [1.807, 2.05) is 0 Å². The quantitative estimate of drug-likeness (QED) is 0.713. The van der Waals surface area contributed by atoms with Gasteiger partial charge in [-0.3, -0.25) is 4.79 Å². The third kappa shape index (κ3) is 3.15. The first kappa shape index (κ1) is 12.4. The van der Waals surface area contributed by atoms with Gasteiger partial charge in [0.15, 0.2) is 0 Å². The van der Waals surface area contributed by atoms with Gasteiger partial charge in [-0.05, 0) is 12.8 Å². The van der Waals surface area contributed by atoms with Gasteiger partial charge in [-0.15, -0.1) is 0 Å². The number of hydrogen-bond acceptors (Lipinski definition) is 3. The highest BCUT2D eigenvalue weighted by molar-refractivity contribution is 7.86. The molecule has 1 heterocycles. The Balaban J connectivity index is 2.56. The smallest absolute Gasteiger partial charge is 0.304 e. The predicted octanol–water partition coefficient (Wildman–Crippen LogP) is -0.266. The van der Waals surface area contributed by atoms with Gasteiger partial charge in [0.1, 0.15) is 0 Å². The van der Waals surface area contributed by atoms with Crippen molar-refractivity contribution in [3.8, 4) is 0 Å². The van der Waals surface area contributed by atoms with E-state index in [0.29, 0.717) is 13.1 Å². The van der Waals surface area contributed by atoms with Crippen molar-refractivity contribution in [3.63, 3.8) is 0 Å². The number of nitrogens with zero attached hydrogens (tertiary/aromatic N) is 2. The molecule has 0 aromatic carbocycles. The van der Waals surface area contributed by atoms with Crippen LogP contribution in [0.15, 0.2) is 0 Å². The fraction of sp³-hybridized carbons (Fsp3) is 0.875. The van der Waals surface area contributed by atoms with E-state index in [0.717, 1.165) is 17.1 Å². The summed E-state index contributed by atoms with van der Waals surface area (Å²) in [6, 6.07) is 0. The first-order valence-electron chi connectivity index (χ1n) is 4.88. The zero-order valence-electron chi connectivity index (χ0n) is 8.72. The maximum absolute atomic E-state index is 11.8. The average molecular weight is 236 g/mol. The van der Waals surface area contributed by atoms with Crippen LogP contribution in [0.1, 0.15) is 19.3 Å². The molecule has 0 radical (unpaired) electrons. The Hall–Kier alpha value is -0.660. The highest BCUT2D eigenvalue weighted by Gasteiger charge is 2.29. The van der Waals surface area contributed by atoms with Crippen LogP contribution in [0.3, 0.4) is 0 Å². The van der Waals surface area contributed by atoms with Crippen molar-refractivity contribution >= 4 is 16.2 Å². The molecule has 0 aromatic heterocycles. The SMILES string of the molecule is CN(CCC(=O)O)S(=O)(=O)N1CCCC1. The number of carbonyl (C=O) groups is 1. The minimum atomic E-state index is -3.43. The van der Waals surface area contributed by atoms with Crippen molar-refractivity contribution in [2.45, 2.75) is 19.3 Å². The molecule has 1 N–H and O–H groups in total. The van der Waals surface area contributed by atoms with E-state index in [-0.39, 0.29) is 13.0 Å². The van der Waals surface area contributed by atoms with E-state index in [4.69, 9.17) is 5.11 Å². The first-order valence-corrected chi connectivity index (χ1v) is 6.27. The highest BCUT2D eigenvalue weighted by Crippen LogP contribution is 2.15. The maximum atomic E-state index is 11.8. The molecule has 1 saturated heterocycles. The second-order valence-corrected chi connectivity index (χ2v) is 5.61. The molecule has 0 aliphatic carbocycles. The number of rotatable bonds is 5. The molecule has 1 aliphatic heterocycles. The molecule has 7 heteroatoms. The zero-order chi connectivity index (χ0) is 11.5. The van der Waals surface area contributed by atoms with Gasteiger partial charge in [-0.1, -0.05) is 0 Å². The van der Waals surface area contributed by atoms with E-state index in [9.17, 15) is 13.2 Å². The molecule has 0 bridgehead atoms. The van der Waals surface area contributed by atoms with Gasteiger partial charge in [0.25, 0.3) is 10.2 Å². The normalized spacial score (nSPS) is 18.5. The summed E-state index contributed by atoms with van der Waals surface area (Å²) in [5, 5.41) is 8.46. The van der Waals surface area contributed by atoms with Crippen LogP contribution in [-0.2, 0) is 15.0 Å². The Morgan fingerprint density at radius 3 is 2.40 bits per heavy atom. The van der Waals surface area contributed by atoms with E-state index in [1.54, 1.807) is 0 Å². The predicted molar refractivity (Wildman–Crippen MR) is 54.6 cm³/mol. The minimum absolute atomic E-state index is 0.0220. The van der Waals surface area contributed by atoms with Crippen LogP contribution in [0.25, 0.3) is 0 Å². The molecule has 0 aromatic rings. The Morgan fingerprint density at radius 1 is 1.40 bits per heavy atom. The van der Waals surface area contributed by atoms with E-state index < -0.39 is 16.2 Å². The van der Waals surface area contributed by atoms with Crippen LogP contribution in [0.2, 0.25) is 0 Å². The van der Waals surface area contributed by atoms with Crippen LogP contribution in [0.5, 0.6) is 0 Å². The van der Waals surface area contributed by atoms with Gasteiger partial charge < -0.3 is 5.11 Å². The minimum Gasteiger partial charge on any atom is -0.481 e. The van der Waals surface area contributed by atoms with Crippen LogP contribution in [0, 0.1) is 0 Å². The summed E-state index contributed by atoms with van der Waals surface area (Å²) < 4.78 is 26.1. The lowest BCUT2D eigenvalue weighted by molar-refractivity contribution is -0.137. The van der Waals surface area contributed by atoms with Crippen molar-refractivity contribution < 1.29 is 18.3 Å². The fourth-order valence-electron chi connectivity index (χ4n) is 1.48. The summed E-state index contributed by atoms with van der Waals surface area (Å²) in [4.78, 5) is 10.3. The van der Waals surface area contributed by atoms with Crippen molar-refractivity contribution in [1.29, 1.82) is 0 Å². The molecule has 6 nitrogen and oxygen atoms in total. The molecule has 0 spiro atoms. The van der Waals surface area contributed by atoms with Crippen LogP contribution < -0.4 is 0 Å². The number of hydrogen-bond donors (Lipinski definition) is 1. The molecule has 1 rings (SSSR count). The standard InChI is InChI=1S/C8H16N2O4S/c1-9(7-4-8(11)12)15(13,14)10-5-2-3-6-10/h2-7H2,1H3,(H,11,12). The molecule has 88 valence electrons. The summed E-state index contributed by atoms with van der Waals surface area (Å²) in [7, 11) is -2.02. The van der Waals surface area contributed by atoms with Gasteiger partial charge in [0.2, 0.25) is 0 Å². The monoisotopic (exact) mass is 236 g/mol. The van der Waals surface area contributed by atoms with Crippen molar-refractivity contribution in [1.82, 2.24) is 8.61 Å². The fourth-order valence-corrected chi connectivity index (χ4v) is 2.92. The molecule has 0 saturated carbocycles. The lowest BCUT2D eigenvalue weighted by atomic mass is 10.4. The lowest BCUT2D eigenvalue weighted by Crippen LogP contribution is -2.41. The molecule has 0 amide bonds. The van der Waals surface area contributed by atoms with E-state index >= 15 is 0 Å². The summed E-state index contributed by atoms with van der Waals surface area (Å²) in [6.07, 6.45) is 1.60. The third-order valence-electron chi connectivity index (χ3n) is 2.43.